The molecule has 0 saturated heterocycles. The highest BCUT2D eigenvalue weighted by molar-refractivity contribution is 5.83. The molecule has 0 aliphatic carbocycles. The summed E-state index contributed by atoms with van der Waals surface area (Å²) in [6.45, 7) is 2.39. The maximum absolute atomic E-state index is 14.0. The Morgan fingerprint density at radius 3 is 2.68 bits per heavy atom. The Morgan fingerprint density at radius 2 is 2.04 bits per heavy atom. The van der Waals surface area contributed by atoms with Gasteiger partial charge in [-0.15, -0.1) is 0 Å². The van der Waals surface area contributed by atoms with Gasteiger partial charge in [-0.3, -0.25) is 19.5 Å². The van der Waals surface area contributed by atoms with Gasteiger partial charge in [0, 0.05) is 30.4 Å². The van der Waals surface area contributed by atoms with Crippen LogP contribution in [-0.4, -0.2) is 48.0 Å². The topological polar surface area (TPSA) is 90.1 Å². The van der Waals surface area contributed by atoms with Crippen LogP contribution in [0.25, 0.3) is 0 Å². The number of amides is 1. The Hall–Kier alpha value is -2.74. The van der Waals surface area contributed by atoms with E-state index in [9.17, 15) is 14.0 Å². The van der Waals surface area contributed by atoms with Gasteiger partial charge in [0.1, 0.15) is 11.9 Å². The molecule has 8 heteroatoms. The minimum Gasteiger partial charge on any atom is -0.354 e. The molecule has 134 valence electrons. The van der Waals surface area contributed by atoms with Crippen LogP contribution in [0.1, 0.15) is 17.3 Å². The quantitative estimate of drug-likeness (QED) is 0.652. The lowest BCUT2D eigenvalue weighted by Gasteiger charge is -2.24. The van der Waals surface area contributed by atoms with Gasteiger partial charge >= 0.3 is 0 Å². The van der Waals surface area contributed by atoms with Crippen molar-refractivity contribution in [1.29, 1.82) is 0 Å². The molecular weight excluding hydrogens is 325 g/mol. The molecule has 1 aromatic carbocycles. The first-order chi connectivity index (χ1) is 11.9. The highest BCUT2D eigenvalue weighted by Gasteiger charge is 2.25. The molecule has 0 spiro atoms. The van der Waals surface area contributed by atoms with Crippen LogP contribution < -0.4 is 16.2 Å². The molecule has 25 heavy (non-hydrogen) atoms. The number of anilines is 1. The SMILES string of the molecule is Cc1cc(=O)[nH]c(NCCNC(=O)C(c2ccccc2F)N(C)C)n1. The Kier molecular flexibility index (Phi) is 6.24. The second kappa shape index (κ2) is 8.39. The lowest BCUT2D eigenvalue weighted by Crippen LogP contribution is -2.39. The summed E-state index contributed by atoms with van der Waals surface area (Å²) in [4.78, 5) is 32.1. The Morgan fingerprint density at radius 1 is 1.32 bits per heavy atom. The van der Waals surface area contributed by atoms with E-state index < -0.39 is 11.9 Å². The van der Waals surface area contributed by atoms with Gasteiger partial charge in [-0.05, 0) is 27.1 Å². The predicted molar refractivity (Wildman–Crippen MR) is 93.9 cm³/mol. The number of aromatic amines is 1. The molecular formula is C17H22FN5O2. The van der Waals surface area contributed by atoms with Gasteiger partial charge in [-0.1, -0.05) is 18.2 Å². The highest BCUT2D eigenvalue weighted by atomic mass is 19.1. The normalized spacial score (nSPS) is 12.0. The minimum atomic E-state index is -0.724. The number of benzene rings is 1. The standard InChI is InChI=1S/C17H22FN5O2/c1-11-10-14(24)22-17(21-11)20-9-8-19-16(25)15(23(2)3)12-6-4-5-7-13(12)18/h4-7,10,15H,8-9H2,1-3H3,(H,19,25)(H2,20,21,22,24). The van der Waals surface area contributed by atoms with Crippen molar-refractivity contribution in [3.63, 3.8) is 0 Å². The number of carbonyl (C=O) groups excluding carboxylic acids is 1. The summed E-state index contributed by atoms with van der Waals surface area (Å²) in [7, 11) is 3.44. The maximum Gasteiger partial charge on any atom is 0.252 e. The number of aryl methyl sites for hydroxylation is 1. The van der Waals surface area contributed by atoms with Crippen LogP contribution >= 0.6 is 0 Å². The van der Waals surface area contributed by atoms with Gasteiger partial charge in [0.2, 0.25) is 11.9 Å². The molecule has 2 aromatic rings. The van der Waals surface area contributed by atoms with Gasteiger partial charge < -0.3 is 10.6 Å². The molecule has 0 aliphatic heterocycles. The van der Waals surface area contributed by atoms with Crippen molar-refractivity contribution >= 4 is 11.9 Å². The molecule has 0 aliphatic rings. The summed E-state index contributed by atoms with van der Waals surface area (Å²) in [5.74, 6) is -0.379. The van der Waals surface area contributed by atoms with Gasteiger partial charge in [0.25, 0.3) is 5.56 Å². The number of halogens is 1. The molecule has 1 heterocycles. The third-order valence-corrected chi connectivity index (χ3v) is 3.55. The van der Waals surface area contributed by atoms with Crippen molar-refractivity contribution < 1.29 is 9.18 Å². The van der Waals surface area contributed by atoms with Crippen molar-refractivity contribution in [2.45, 2.75) is 13.0 Å². The van der Waals surface area contributed by atoms with Crippen molar-refractivity contribution in [2.75, 3.05) is 32.5 Å². The van der Waals surface area contributed by atoms with E-state index in [2.05, 4.69) is 20.6 Å². The Balaban J connectivity index is 1.93. The monoisotopic (exact) mass is 347 g/mol. The van der Waals surface area contributed by atoms with Crippen molar-refractivity contribution in [3.8, 4) is 0 Å². The smallest absolute Gasteiger partial charge is 0.252 e. The van der Waals surface area contributed by atoms with Gasteiger partial charge in [0.05, 0.1) is 0 Å². The third kappa shape index (κ3) is 5.12. The largest absolute Gasteiger partial charge is 0.354 e. The van der Waals surface area contributed by atoms with E-state index in [-0.39, 0.29) is 11.5 Å². The van der Waals surface area contributed by atoms with Crippen LogP contribution in [0.2, 0.25) is 0 Å². The summed E-state index contributed by atoms with van der Waals surface area (Å²) in [6.07, 6.45) is 0. The number of hydrogen-bond donors (Lipinski definition) is 3. The zero-order chi connectivity index (χ0) is 18.4. The molecule has 1 atom stereocenters. The molecule has 3 N–H and O–H groups in total. The highest BCUT2D eigenvalue weighted by Crippen LogP contribution is 2.21. The number of nitrogens with one attached hydrogen (secondary N) is 3. The average molecular weight is 347 g/mol. The summed E-state index contributed by atoms with van der Waals surface area (Å²) < 4.78 is 14.0. The van der Waals surface area contributed by atoms with E-state index in [1.54, 1.807) is 44.1 Å². The van der Waals surface area contributed by atoms with Crippen LogP contribution in [0.4, 0.5) is 10.3 Å². The van der Waals surface area contributed by atoms with Gasteiger partial charge in [-0.2, -0.15) is 0 Å². The first-order valence-electron chi connectivity index (χ1n) is 7.89. The fourth-order valence-corrected chi connectivity index (χ4v) is 2.48. The summed E-state index contributed by atoms with van der Waals surface area (Å²) in [6, 6.07) is 6.88. The van der Waals surface area contributed by atoms with Crippen LogP contribution in [0, 0.1) is 12.7 Å². The van der Waals surface area contributed by atoms with E-state index in [1.807, 2.05) is 0 Å². The summed E-state index contributed by atoms with van der Waals surface area (Å²) in [5.41, 5.74) is 0.677. The number of rotatable bonds is 7. The van der Waals surface area contributed by atoms with Crippen molar-refractivity contribution in [1.82, 2.24) is 20.2 Å². The van der Waals surface area contributed by atoms with Crippen molar-refractivity contribution in [2.24, 2.45) is 0 Å². The predicted octanol–water partition coefficient (Wildman–Crippen LogP) is 1.05. The second-order valence-corrected chi connectivity index (χ2v) is 5.84. The number of hydrogen-bond acceptors (Lipinski definition) is 5. The number of nitrogens with zero attached hydrogens (tertiary/aromatic N) is 2. The molecule has 0 saturated carbocycles. The van der Waals surface area contributed by atoms with Crippen LogP contribution in [0.15, 0.2) is 35.1 Å². The zero-order valence-corrected chi connectivity index (χ0v) is 14.5. The van der Waals surface area contributed by atoms with E-state index in [4.69, 9.17) is 0 Å². The van der Waals surface area contributed by atoms with Crippen molar-refractivity contribution in [3.05, 3.63) is 57.8 Å². The Bertz CT molecular complexity index is 791. The first kappa shape index (κ1) is 18.6. The van der Waals surface area contributed by atoms with Crippen LogP contribution in [0.5, 0.6) is 0 Å². The molecule has 0 radical (unpaired) electrons. The lowest BCUT2D eigenvalue weighted by molar-refractivity contribution is -0.125. The summed E-state index contributed by atoms with van der Waals surface area (Å²) in [5, 5.41) is 5.69. The lowest BCUT2D eigenvalue weighted by atomic mass is 10.0. The Labute approximate surface area is 145 Å². The van der Waals surface area contributed by atoms with Crippen LogP contribution in [-0.2, 0) is 4.79 Å². The third-order valence-electron chi connectivity index (χ3n) is 3.55. The zero-order valence-electron chi connectivity index (χ0n) is 14.5. The number of H-pyrrole nitrogens is 1. The summed E-state index contributed by atoms with van der Waals surface area (Å²) >= 11 is 0. The van der Waals surface area contributed by atoms with E-state index >= 15 is 0 Å². The molecule has 7 nitrogen and oxygen atoms in total. The molecule has 1 amide bonds. The molecule has 0 bridgehead atoms. The molecule has 1 unspecified atom stereocenters. The molecule has 2 rings (SSSR count). The second-order valence-electron chi connectivity index (χ2n) is 5.84. The fourth-order valence-electron chi connectivity index (χ4n) is 2.48. The number of likely N-dealkylation sites (N-methyl/N-ethyl adjacent to an activating group) is 1. The fraction of sp³-hybridized carbons (Fsp3) is 0.353. The van der Waals surface area contributed by atoms with E-state index in [0.29, 0.717) is 30.3 Å². The minimum absolute atomic E-state index is 0.244. The average Bonchev–Trinajstić information content (AvgIpc) is 2.52. The van der Waals surface area contributed by atoms with Gasteiger partial charge in [-0.25, -0.2) is 9.37 Å². The molecule has 1 aromatic heterocycles. The van der Waals surface area contributed by atoms with E-state index in [0.717, 1.165) is 0 Å². The number of carbonyl (C=O) groups is 1. The molecule has 0 fully saturated rings. The number of aromatic nitrogens is 2. The first-order valence-corrected chi connectivity index (χ1v) is 7.89. The van der Waals surface area contributed by atoms with Gasteiger partial charge in [0.15, 0.2) is 0 Å². The van der Waals surface area contributed by atoms with E-state index in [1.165, 1.54) is 12.1 Å². The van der Waals surface area contributed by atoms with Crippen LogP contribution in [0.3, 0.4) is 0 Å². The maximum atomic E-state index is 14.0.